The Balaban J connectivity index is 0.00000341. The SMILES string of the molecule is CCNC(=NCC(C(=O)N1CCOCC1)c1ccccc1)N1CCC(OCC)CC1.I. The lowest BCUT2D eigenvalue weighted by molar-refractivity contribution is -0.136. The van der Waals surface area contributed by atoms with Crippen LogP contribution in [0.15, 0.2) is 35.3 Å². The molecule has 2 heterocycles. The van der Waals surface area contributed by atoms with Crippen LogP contribution in [0.5, 0.6) is 0 Å². The summed E-state index contributed by atoms with van der Waals surface area (Å²) in [5, 5.41) is 3.41. The Labute approximate surface area is 203 Å². The fraction of sp³-hybridized carbons (Fsp3) is 0.652. The van der Waals surface area contributed by atoms with Crippen LogP contribution in [0.2, 0.25) is 0 Å². The third kappa shape index (κ3) is 7.61. The molecule has 0 aromatic heterocycles. The molecule has 8 heteroatoms. The number of carbonyl (C=O) groups is 1. The van der Waals surface area contributed by atoms with Gasteiger partial charge in [-0.2, -0.15) is 0 Å². The number of piperidine rings is 1. The summed E-state index contributed by atoms with van der Waals surface area (Å²) < 4.78 is 11.2. The molecule has 3 rings (SSSR count). The Bertz CT molecular complexity index is 675. The summed E-state index contributed by atoms with van der Waals surface area (Å²) in [4.78, 5) is 22.4. The second kappa shape index (κ2) is 13.9. The highest BCUT2D eigenvalue weighted by atomic mass is 127. The van der Waals surface area contributed by atoms with E-state index in [4.69, 9.17) is 14.5 Å². The van der Waals surface area contributed by atoms with Crippen LogP contribution in [-0.4, -0.2) is 86.9 Å². The van der Waals surface area contributed by atoms with E-state index in [1.807, 2.05) is 42.2 Å². The predicted molar refractivity (Wildman–Crippen MR) is 134 cm³/mol. The number of hydrogen-bond acceptors (Lipinski definition) is 4. The molecule has 7 nitrogen and oxygen atoms in total. The zero-order chi connectivity index (χ0) is 21.2. The third-order valence-electron chi connectivity index (χ3n) is 5.73. The number of ether oxygens (including phenoxy) is 2. The first-order valence-electron chi connectivity index (χ1n) is 11.3. The zero-order valence-corrected chi connectivity index (χ0v) is 21.1. The molecule has 1 amide bonds. The van der Waals surface area contributed by atoms with Crippen LogP contribution in [-0.2, 0) is 14.3 Å². The number of carbonyl (C=O) groups excluding carboxylic acids is 1. The van der Waals surface area contributed by atoms with Crippen molar-refractivity contribution in [3.63, 3.8) is 0 Å². The van der Waals surface area contributed by atoms with Gasteiger partial charge in [0.25, 0.3) is 0 Å². The summed E-state index contributed by atoms with van der Waals surface area (Å²) >= 11 is 0. The van der Waals surface area contributed by atoms with Gasteiger partial charge in [-0.1, -0.05) is 30.3 Å². The monoisotopic (exact) mass is 544 g/mol. The summed E-state index contributed by atoms with van der Waals surface area (Å²) in [5.74, 6) is 0.751. The van der Waals surface area contributed by atoms with Crippen LogP contribution in [0.4, 0.5) is 0 Å². The van der Waals surface area contributed by atoms with Crippen molar-refractivity contribution in [3.05, 3.63) is 35.9 Å². The van der Waals surface area contributed by atoms with E-state index in [-0.39, 0.29) is 35.8 Å². The molecule has 1 aromatic rings. The van der Waals surface area contributed by atoms with E-state index in [0.29, 0.717) is 39.0 Å². The number of nitrogens with one attached hydrogen (secondary N) is 1. The molecular weight excluding hydrogens is 507 g/mol. The number of guanidine groups is 1. The first-order valence-corrected chi connectivity index (χ1v) is 11.3. The Morgan fingerprint density at radius 3 is 2.42 bits per heavy atom. The van der Waals surface area contributed by atoms with Crippen LogP contribution < -0.4 is 5.32 Å². The van der Waals surface area contributed by atoms with Gasteiger partial charge in [0.1, 0.15) is 0 Å². The van der Waals surface area contributed by atoms with Gasteiger partial charge in [-0.15, -0.1) is 24.0 Å². The molecule has 0 bridgehead atoms. The van der Waals surface area contributed by atoms with E-state index in [0.717, 1.165) is 50.6 Å². The quantitative estimate of drug-likeness (QED) is 0.325. The molecule has 1 N–H and O–H groups in total. The smallest absolute Gasteiger partial charge is 0.232 e. The Kier molecular flexibility index (Phi) is 11.6. The second-order valence-corrected chi connectivity index (χ2v) is 7.74. The van der Waals surface area contributed by atoms with Gasteiger partial charge in [-0.05, 0) is 32.3 Å². The van der Waals surface area contributed by atoms with Crippen molar-refractivity contribution in [3.8, 4) is 0 Å². The van der Waals surface area contributed by atoms with Crippen LogP contribution >= 0.6 is 24.0 Å². The average Bonchev–Trinajstić information content (AvgIpc) is 2.80. The maximum absolute atomic E-state index is 13.3. The third-order valence-corrected chi connectivity index (χ3v) is 5.73. The molecule has 2 aliphatic rings. The van der Waals surface area contributed by atoms with E-state index in [1.165, 1.54) is 0 Å². The largest absolute Gasteiger partial charge is 0.378 e. The fourth-order valence-electron chi connectivity index (χ4n) is 4.09. The van der Waals surface area contributed by atoms with E-state index in [2.05, 4.69) is 17.1 Å². The van der Waals surface area contributed by atoms with Gasteiger partial charge in [0.05, 0.1) is 31.8 Å². The lowest BCUT2D eigenvalue weighted by atomic mass is 9.97. The van der Waals surface area contributed by atoms with Crippen molar-refractivity contribution in [2.45, 2.75) is 38.7 Å². The highest BCUT2D eigenvalue weighted by molar-refractivity contribution is 14.0. The maximum atomic E-state index is 13.3. The molecule has 2 fully saturated rings. The molecule has 1 atom stereocenters. The predicted octanol–water partition coefficient (Wildman–Crippen LogP) is 2.71. The number of nitrogens with zero attached hydrogens (tertiary/aromatic N) is 3. The van der Waals surface area contributed by atoms with Gasteiger partial charge >= 0.3 is 0 Å². The number of morpholine rings is 1. The van der Waals surface area contributed by atoms with Crippen molar-refractivity contribution in [2.75, 3.05) is 59.1 Å². The summed E-state index contributed by atoms with van der Waals surface area (Å²) in [6.07, 6.45) is 2.36. The first kappa shape index (κ1) is 25.9. The highest BCUT2D eigenvalue weighted by Crippen LogP contribution is 2.21. The molecule has 0 spiro atoms. The van der Waals surface area contributed by atoms with Gasteiger partial charge in [0.2, 0.25) is 5.91 Å². The minimum atomic E-state index is -0.279. The number of aliphatic imine (C=N–C) groups is 1. The number of benzene rings is 1. The van der Waals surface area contributed by atoms with E-state index >= 15 is 0 Å². The number of likely N-dealkylation sites (tertiary alicyclic amines) is 1. The van der Waals surface area contributed by atoms with Crippen molar-refractivity contribution in [1.29, 1.82) is 0 Å². The molecule has 174 valence electrons. The standard InChI is InChI=1S/C23H36N4O3.HI/c1-3-24-23(27-12-10-20(11-13-27)30-4-2)25-18-21(19-8-6-5-7-9-19)22(28)26-14-16-29-17-15-26;/h5-9,20-21H,3-4,10-18H2,1-2H3,(H,24,25);1H. The second-order valence-electron chi connectivity index (χ2n) is 7.74. The number of rotatable bonds is 7. The molecule has 1 unspecified atom stereocenters. The minimum Gasteiger partial charge on any atom is -0.378 e. The zero-order valence-electron chi connectivity index (χ0n) is 18.8. The minimum absolute atomic E-state index is 0. The Morgan fingerprint density at radius 1 is 1.13 bits per heavy atom. The van der Waals surface area contributed by atoms with Crippen LogP contribution in [0.3, 0.4) is 0 Å². The van der Waals surface area contributed by atoms with E-state index in [9.17, 15) is 4.79 Å². The van der Waals surface area contributed by atoms with Gasteiger partial charge in [0, 0.05) is 39.3 Å². The topological polar surface area (TPSA) is 66.4 Å². The summed E-state index contributed by atoms with van der Waals surface area (Å²) in [6.45, 7) is 10.5. The normalized spacial score (nSPS) is 19.0. The number of amides is 1. The van der Waals surface area contributed by atoms with E-state index < -0.39 is 0 Å². The molecule has 2 aliphatic heterocycles. The van der Waals surface area contributed by atoms with Crippen LogP contribution in [0.1, 0.15) is 38.2 Å². The van der Waals surface area contributed by atoms with Gasteiger partial charge in [-0.3, -0.25) is 9.79 Å². The Hall–Kier alpha value is -1.39. The lowest BCUT2D eigenvalue weighted by Gasteiger charge is -2.34. The molecule has 0 saturated carbocycles. The van der Waals surface area contributed by atoms with Gasteiger partial charge in [0.15, 0.2) is 5.96 Å². The lowest BCUT2D eigenvalue weighted by Crippen LogP contribution is -2.47. The molecule has 2 saturated heterocycles. The van der Waals surface area contributed by atoms with Gasteiger partial charge < -0.3 is 24.6 Å². The molecule has 0 aliphatic carbocycles. The summed E-state index contributed by atoms with van der Waals surface area (Å²) in [5.41, 5.74) is 1.02. The Morgan fingerprint density at radius 2 is 1.81 bits per heavy atom. The van der Waals surface area contributed by atoms with Crippen molar-refractivity contribution >= 4 is 35.8 Å². The van der Waals surface area contributed by atoms with Crippen molar-refractivity contribution < 1.29 is 14.3 Å². The first-order chi connectivity index (χ1) is 14.7. The molecular formula is C23H37IN4O3. The number of halogens is 1. The molecule has 1 aromatic carbocycles. The maximum Gasteiger partial charge on any atom is 0.232 e. The van der Waals surface area contributed by atoms with Crippen molar-refractivity contribution in [2.24, 2.45) is 4.99 Å². The van der Waals surface area contributed by atoms with Gasteiger partial charge in [-0.25, -0.2) is 0 Å². The number of hydrogen-bond donors (Lipinski definition) is 1. The summed E-state index contributed by atoms with van der Waals surface area (Å²) in [6, 6.07) is 10.0. The summed E-state index contributed by atoms with van der Waals surface area (Å²) in [7, 11) is 0. The average molecular weight is 544 g/mol. The van der Waals surface area contributed by atoms with Crippen LogP contribution in [0, 0.1) is 0 Å². The van der Waals surface area contributed by atoms with Crippen LogP contribution in [0.25, 0.3) is 0 Å². The fourth-order valence-corrected chi connectivity index (χ4v) is 4.09. The van der Waals surface area contributed by atoms with Crippen molar-refractivity contribution in [1.82, 2.24) is 15.1 Å². The molecule has 31 heavy (non-hydrogen) atoms. The highest BCUT2D eigenvalue weighted by Gasteiger charge is 2.28. The van der Waals surface area contributed by atoms with E-state index in [1.54, 1.807) is 0 Å². The molecule has 0 radical (unpaired) electrons.